The Balaban J connectivity index is 2.04. The molecule has 3 aromatic carbocycles. The van der Waals surface area contributed by atoms with E-state index in [4.69, 9.17) is 0 Å². The third kappa shape index (κ3) is 7.38. The second kappa shape index (κ2) is 13.0. The van der Waals surface area contributed by atoms with E-state index < -0.39 is 45.2 Å². The van der Waals surface area contributed by atoms with Gasteiger partial charge < -0.3 is 10.2 Å². The molecule has 0 radical (unpaired) electrons. The van der Waals surface area contributed by atoms with Crippen LogP contribution in [0.4, 0.5) is 15.8 Å². The Morgan fingerprint density at radius 2 is 1.69 bits per heavy atom. The third-order valence-electron chi connectivity index (χ3n) is 5.92. The van der Waals surface area contributed by atoms with Crippen molar-refractivity contribution in [1.82, 2.24) is 10.2 Å². The molecule has 0 fully saturated rings. The molecule has 0 spiro atoms. The molecular weight excluding hydrogens is 527 g/mol. The molecule has 0 saturated heterocycles. The van der Waals surface area contributed by atoms with Gasteiger partial charge in [-0.3, -0.25) is 24.0 Å². The molecule has 0 aliphatic carbocycles. The fourth-order valence-corrected chi connectivity index (χ4v) is 5.20. The van der Waals surface area contributed by atoms with Crippen LogP contribution in [0, 0.1) is 15.9 Å². The molecule has 0 aromatic heterocycles. The minimum atomic E-state index is -4.35. The van der Waals surface area contributed by atoms with Crippen LogP contribution in [0.1, 0.15) is 25.8 Å². The molecule has 3 rings (SSSR count). The lowest BCUT2D eigenvalue weighted by molar-refractivity contribution is -0.384. The van der Waals surface area contributed by atoms with Crippen molar-refractivity contribution in [3.63, 3.8) is 0 Å². The van der Waals surface area contributed by atoms with E-state index in [0.717, 1.165) is 10.4 Å². The van der Waals surface area contributed by atoms with Crippen LogP contribution in [-0.4, -0.2) is 49.2 Å². The van der Waals surface area contributed by atoms with Gasteiger partial charge in [-0.2, -0.15) is 0 Å². The van der Waals surface area contributed by atoms with Crippen molar-refractivity contribution in [1.29, 1.82) is 0 Å². The van der Waals surface area contributed by atoms with Crippen molar-refractivity contribution in [2.24, 2.45) is 0 Å². The van der Waals surface area contributed by atoms with Gasteiger partial charge in [0.2, 0.25) is 11.8 Å². The monoisotopic (exact) mass is 556 g/mol. The number of rotatable bonds is 12. The van der Waals surface area contributed by atoms with Gasteiger partial charge in [-0.1, -0.05) is 43.3 Å². The quantitative estimate of drug-likeness (QED) is 0.266. The highest BCUT2D eigenvalue weighted by atomic mass is 32.2. The number of halogens is 1. The number of nitro benzene ring substituents is 1. The number of hydrogen-bond acceptors (Lipinski definition) is 6. The van der Waals surface area contributed by atoms with Gasteiger partial charge in [0.1, 0.15) is 18.4 Å². The summed E-state index contributed by atoms with van der Waals surface area (Å²) in [7, 11) is -4.35. The first-order valence-electron chi connectivity index (χ1n) is 12.2. The van der Waals surface area contributed by atoms with Gasteiger partial charge in [0.15, 0.2) is 0 Å². The van der Waals surface area contributed by atoms with Crippen molar-refractivity contribution < 1.29 is 27.3 Å². The number of nitrogens with one attached hydrogen (secondary N) is 1. The lowest BCUT2D eigenvalue weighted by Gasteiger charge is -2.32. The standard InChI is InChI=1S/C27H29FN4O6S/c1-3-16-29-27(34)20(2)30(18-21-12-14-22(28)15-13-21)26(33)19-31(23-8-7-9-24(17-23)32(35)36)39(37,38)25-10-5-4-6-11-25/h4-15,17,20H,3,16,18-19H2,1-2H3,(H,29,34)/t20-/m1/s1. The number of carbonyl (C=O) groups is 2. The van der Waals surface area contributed by atoms with E-state index in [1.165, 1.54) is 78.6 Å². The predicted molar refractivity (Wildman–Crippen MR) is 144 cm³/mol. The first-order valence-corrected chi connectivity index (χ1v) is 13.6. The molecule has 12 heteroatoms. The topological polar surface area (TPSA) is 130 Å². The average molecular weight is 557 g/mol. The molecular formula is C27H29FN4O6S. The van der Waals surface area contributed by atoms with Crippen molar-refractivity contribution in [2.45, 2.75) is 37.8 Å². The summed E-state index contributed by atoms with van der Waals surface area (Å²) >= 11 is 0. The Hall–Kier alpha value is -4.32. The molecule has 10 nitrogen and oxygen atoms in total. The SMILES string of the molecule is CCCNC(=O)[C@@H](C)N(Cc1ccc(F)cc1)C(=O)CN(c1cccc([N+](=O)[O-])c1)S(=O)(=O)c1ccccc1. The number of sulfonamides is 1. The Labute approximate surface area is 226 Å². The van der Waals surface area contributed by atoms with E-state index in [0.29, 0.717) is 18.5 Å². The van der Waals surface area contributed by atoms with Crippen LogP contribution in [-0.2, 0) is 26.2 Å². The number of hydrogen-bond donors (Lipinski definition) is 1. The average Bonchev–Trinajstić information content (AvgIpc) is 2.94. The molecule has 0 aliphatic rings. The molecule has 2 amide bonds. The van der Waals surface area contributed by atoms with Gasteiger partial charge >= 0.3 is 0 Å². The van der Waals surface area contributed by atoms with Crippen LogP contribution in [0.5, 0.6) is 0 Å². The Bertz CT molecular complexity index is 1420. The maximum absolute atomic E-state index is 13.7. The van der Waals surface area contributed by atoms with E-state index in [-0.39, 0.29) is 22.8 Å². The molecule has 206 valence electrons. The second-order valence-electron chi connectivity index (χ2n) is 8.72. The van der Waals surface area contributed by atoms with E-state index in [9.17, 15) is 32.5 Å². The van der Waals surface area contributed by atoms with Gasteiger partial charge in [-0.05, 0) is 49.2 Å². The molecule has 0 heterocycles. The Morgan fingerprint density at radius 1 is 1.03 bits per heavy atom. The number of non-ortho nitro benzene ring substituents is 1. The molecule has 0 unspecified atom stereocenters. The number of anilines is 1. The minimum Gasteiger partial charge on any atom is -0.354 e. The Kier molecular flexibility index (Phi) is 9.72. The Morgan fingerprint density at radius 3 is 2.31 bits per heavy atom. The van der Waals surface area contributed by atoms with Gasteiger partial charge in [-0.25, -0.2) is 12.8 Å². The van der Waals surface area contributed by atoms with Crippen LogP contribution in [0.15, 0.2) is 83.8 Å². The van der Waals surface area contributed by atoms with E-state index in [1.807, 2.05) is 6.92 Å². The zero-order chi connectivity index (χ0) is 28.6. The summed E-state index contributed by atoms with van der Waals surface area (Å²) in [5.74, 6) is -1.65. The molecule has 39 heavy (non-hydrogen) atoms. The maximum atomic E-state index is 13.7. The maximum Gasteiger partial charge on any atom is 0.271 e. The summed E-state index contributed by atoms with van der Waals surface area (Å²) in [5, 5.41) is 14.1. The van der Waals surface area contributed by atoms with Crippen LogP contribution in [0.3, 0.4) is 0 Å². The van der Waals surface area contributed by atoms with E-state index in [2.05, 4.69) is 5.32 Å². The lowest BCUT2D eigenvalue weighted by atomic mass is 10.1. The molecule has 0 bridgehead atoms. The number of nitro groups is 1. The van der Waals surface area contributed by atoms with Crippen molar-refractivity contribution in [3.8, 4) is 0 Å². The summed E-state index contributed by atoms with van der Waals surface area (Å²) in [6.45, 7) is 2.91. The fourth-order valence-electron chi connectivity index (χ4n) is 3.78. The van der Waals surface area contributed by atoms with Gasteiger partial charge in [0.25, 0.3) is 15.7 Å². The normalized spacial score (nSPS) is 11.9. The van der Waals surface area contributed by atoms with Gasteiger partial charge in [-0.15, -0.1) is 0 Å². The smallest absolute Gasteiger partial charge is 0.271 e. The summed E-state index contributed by atoms with van der Waals surface area (Å²) in [5.41, 5.74) is 0.0719. The van der Waals surface area contributed by atoms with Crippen molar-refractivity contribution in [3.05, 3.63) is 100 Å². The second-order valence-corrected chi connectivity index (χ2v) is 10.6. The fraction of sp³-hybridized carbons (Fsp3) is 0.259. The highest BCUT2D eigenvalue weighted by Crippen LogP contribution is 2.27. The van der Waals surface area contributed by atoms with Crippen molar-refractivity contribution >= 4 is 33.2 Å². The number of carbonyl (C=O) groups excluding carboxylic acids is 2. The summed E-state index contributed by atoms with van der Waals surface area (Å²) in [6, 6.07) is 16.7. The summed E-state index contributed by atoms with van der Waals surface area (Å²) in [6.07, 6.45) is 0.667. The predicted octanol–water partition coefficient (Wildman–Crippen LogP) is 3.87. The van der Waals surface area contributed by atoms with Gasteiger partial charge in [0, 0.05) is 25.2 Å². The van der Waals surface area contributed by atoms with E-state index in [1.54, 1.807) is 6.07 Å². The van der Waals surface area contributed by atoms with Crippen molar-refractivity contribution in [2.75, 3.05) is 17.4 Å². The number of nitrogens with zero attached hydrogens (tertiary/aromatic N) is 3. The highest BCUT2D eigenvalue weighted by Gasteiger charge is 2.33. The summed E-state index contributed by atoms with van der Waals surface area (Å²) in [4.78, 5) is 38.4. The summed E-state index contributed by atoms with van der Waals surface area (Å²) < 4.78 is 41.6. The third-order valence-corrected chi connectivity index (χ3v) is 7.71. The van der Waals surface area contributed by atoms with Crippen LogP contribution >= 0.6 is 0 Å². The lowest BCUT2D eigenvalue weighted by Crippen LogP contribution is -2.51. The first kappa shape index (κ1) is 29.2. The van der Waals surface area contributed by atoms with Crippen LogP contribution in [0.25, 0.3) is 0 Å². The zero-order valence-corrected chi connectivity index (χ0v) is 22.3. The van der Waals surface area contributed by atoms with Crippen LogP contribution in [0.2, 0.25) is 0 Å². The minimum absolute atomic E-state index is 0.0915. The van der Waals surface area contributed by atoms with E-state index >= 15 is 0 Å². The molecule has 3 aromatic rings. The largest absolute Gasteiger partial charge is 0.354 e. The number of benzene rings is 3. The highest BCUT2D eigenvalue weighted by molar-refractivity contribution is 7.92. The zero-order valence-electron chi connectivity index (χ0n) is 21.5. The molecule has 1 N–H and O–H groups in total. The number of amides is 2. The first-order chi connectivity index (χ1) is 18.5. The molecule has 1 atom stereocenters. The van der Waals surface area contributed by atoms with Crippen LogP contribution < -0.4 is 9.62 Å². The molecule has 0 aliphatic heterocycles. The van der Waals surface area contributed by atoms with Gasteiger partial charge in [0.05, 0.1) is 15.5 Å². The molecule has 0 saturated carbocycles.